The van der Waals surface area contributed by atoms with E-state index in [1.165, 1.54) is 6.33 Å². The summed E-state index contributed by atoms with van der Waals surface area (Å²) in [5, 5.41) is 13.6. The molecule has 1 heterocycles. The Balaban J connectivity index is 1.63. The molecule has 0 amide bonds. The van der Waals surface area contributed by atoms with Gasteiger partial charge in [-0.15, -0.1) is 0 Å². The first-order chi connectivity index (χ1) is 15.1. The topological polar surface area (TPSA) is 96.5 Å². The molecule has 8 heteroatoms. The number of hydrogen-bond acceptors (Lipinski definition) is 5. The van der Waals surface area contributed by atoms with Crippen LogP contribution in [0.5, 0.6) is 11.5 Å². The molecule has 0 saturated heterocycles. The van der Waals surface area contributed by atoms with Gasteiger partial charge < -0.3 is 20.1 Å². The molecule has 3 N–H and O–H groups in total. The Morgan fingerprint density at radius 1 is 1.10 bits per heavy atom. The Labute approximate surface area is 183 Å². The number of aromatic amines is 1. The summed E-state index contributed by atoms with van der Waals surface area (Å²) in [5.74, 6) is 2.97. The fourth-order valence-electron chi connectivity index (χ4n) is 3.18. The third kappa shape index (κ3) is 5.97. The first-order valence-electron chi connectivity index (χ1n) is 10.5. The van der Waals surface area contributed by atoms with Crippen molar-refractivity contribution in [1.82, 2.24) is 25.8 Å². The average molecular weight is 423 g/mol. The van der Waals surface area contributed by atoms with Crippen LogP contribution >= 0.6 is 0 Å². The van der Waals surface area contributed by atoms with E-state index in [1.54, 1.807) is 7.05 Å². The van der Waals surface area contributed by atoms with Crippen LogP contribution in [0.3, 0.4) is 0 Å². The second kappa shape index (κ2) is 11.0. The highest BCUT2D eigenvalue weighted by atomic mass is 16.5. The molecule has 0 aliphatic carbocycles. The molecule has 1 aromatic heterocycles. The highest BCUT2D eigenvalue weighted by Crippen LogP contribution is 2.30. The quantitative estimate of drug-likeness (QED) is 0.359. The molecule has 0 spiro atoms. The fourth-order valence-corrected chi connectivity index (χ4v) is 3.18. The predicted octanol–water partition coefficient (Wildman–Crippen LogP) is 3.70. The highest BCUT2D eigenvalue weighted by molar-refractivity contribution is 5.80. The van der Waals surface area contributed by atoms with Crippen LogP contribution in [-0.2, 0) is 6.54 Å². The van der Waals surface area contributed by atoms with Crippen molar-refractivity contribution in [2.75, 3.05) is 20.3 Å². The van der Waals surface area contributed by atoms with E-state index in [1.807, 2.05) is 44.2 Å². The minimum atomic E-state index is 0.0293. The first kappa shape index (κ1) is 22.1. The van der Waals surface area contributed by atoms with Crippen molar-refractivity contribution in [1.29, 1.82) is 0 Å². The minimum absolute atomic E-state index is 0.0293. The zero-order valence-corrected chi connectivity index (χ0v) is 18.5. The Morgan fingerprint density at radius 3 is 2.61 bits per heavy atom. The van der Waals surface area contributed by atoms with E-state index in [9.17, 15) is 0 Å². The Bertz CT molecular complexity index is 987. The maximum atomic E-state index is 5.75. The second-order valence-electron chi connectivity index (χ2n) is 6.90. The smallest absolute Gasteiger partial charge is 0.191 e. The Kier molecular flexibility index (Phi) is 7.86. The molecule has 0 saturated carbocycles. The van der Waals surface area contributed by atoms with Crippen molar-refractivity contribution in [2.24, 2.45) is 4.99 Å². The van der Waals surface area contributed by atoms with Gasteiger partial charge >= 0.3 is 0 Å². The molecule has 3 aromatic rings. The number of nitrogens with zero attached hydrogens (tertiary/aromatic N) is 3. The number of ether oxygens (including phenoxy) is 2. The van der Waals surface area contributed by atoms with Crippen molar-refractivity contribution in [2.45, 2.75) is 33.4 Å². The fraction of sp³-hybridized carbons (Fsp3) is 0.348. The number of H-pyrrole nitrogens is 1. The number of guanidine groups is 1. The van der Waals surface area contributed by atoms with Crippen LogP contribution in [-0.4, -0.2) is 41.4 Å². The summed E-state index contributed by atoms with van der Waals surface area (Å²) in [6.07, 6.45) is 1.51. The van der Waals surface area contributed by atoms with Gasteiger partial charge in [-0.05, 0) is 50.1 Å². The Hall–Kier alpha value is -3.55. The van der Waals surface area contributed by atoms with E-state index in [-0.39, 0.29) is 6.04 Å². The van der Waals surface area contributed by atoms with Crippen LogP contribution in [0.25, 0.3) is 11.4 Å². The molecule has 0 aliphatic heterocycles. The molecule has 164 valence electrons. The minimum Gasteiger partial charge on any atom is -0.490 e. The van der Waals surface area contributed by atoms with Crippen LogP contribution in [0.1, 0.15) is 37.9 Å². The van der Waals surface area contributed by atoms with Crippen LogP contribution < -0.4 is 20.1 Å². The summed E-state index contributed by atoms with van der Waals surface area (Å²) in [6, 6.07) is 14.2. The van der Waals surface area contributed by atoms with Gasteiger partial charge in [0.25, 0.3) is 0 Å². The van der Waals surface area contributed by atoms with Crippen molar-refractivity contribution in [3.63, 3.8) is 0 Å². The van der Waals surface area contributed by atoms with Gasteiger partial charge in [-0.3, -0.25) is 10.1 Å². The van der Waals surface area contributed by atoms with Crippen molar-refractivity contribution in [3.8, 4) is 22.9 Å². The first-order valence-corrected chi connectivity index (χ1v) is 10.5. The third-order valence-electron chi connectivity index (χ3n) is 4.72. The molecule has 2 aromatic carbocycles. The largest absolute Gasteiger partial charge is 0.490 e. The molecule has 0 bridgehead atoms. The van der Waals surface area contributed by atoms with E-state index in [4.69, 9.17) is 9.47 Å². The molecule has 1 atom stereocenters. The number of aromatic nitrogens is 3. The zero-order chi connectivity index (χ0) is 22.1. The van der Waals surface area contributed by atoms with Gasteiger partial charge in [0.05, 0.1) is 19.3 Å². The normalized spacial score (nSPS) is 12.3. The molecule has 0 aliphatic rings. The summed E-state index contributed by atoms with van der Waals surface area (Å²) < 4.78 is 11.4. The SMILES string of the molecule is CCOc1ccc(C(C)NC(=NC)NCc2cccc(-c3ncn[nH]3)c2)cc1OCC. The van der Waals surface area contributed by atoms with E-state index < -0.39 is 0 Å². The van der Waals surface area contributed by atoms with Gasteiger partial charge in [0, 0.05) is 19.2 Å². The molecular weight excluding hydrogens is 392 g/mol. The van der Waals surface area contributed by atoms with Crippen LogP contribution in [0, 0.1) is 0 Å². The summed E-state index contributed by atoms with van der Waals surface area (Å²) in [7, 11) is 1.76. The van der Waals surface area contributed by atoms with Crippen LogP contribution in [0.15, 0.2) is 53.8 Å². The van der Waals surface area contributed by atoms with Gasteiger partial charge in [-0.1, -0.05) is 24.3 Å². The zero-order valence-electron chi connectivity index (χ0n) is 18.5. The van der Waals surface area contributed by atoms with E-state index in [0.29, 0.717) is 25.7 Å². The van der Waals surface area contributed by atoms with Gasteiger partial charge in [-0.2, -0.15) is 5.10 Å². The standard InChI is InChI=1S/C23H30N6O2/c1-5-30-20-11-10-18(13-21(20)31-6-2)16(3)28-23(24-4)25-14-17-8-7-9-19(12-17)22-26-15-27-29-22/h7-13,15-16H,5-6,14H2,1-4H3,(H2,24,25,28)(H,26,27,29). The molecular formula is C23H30N6O2. The van der Waals surface area contributed by atoms with Crippen LogP contribution in [0.2, 0.25) is 0 Å². The molecule has 8 nitrogen and oxygen atoms in total. The second-order valence-corrected chi connectivity index (χ2v) is 6.90. The molecule has 3 rings (SSSR count). The van der Waals surface area contributed by atoms with Gasteiger partial charge in [0.2, 0.25) is 0 Å². The van der Waals surface area contributed by atoms with Gasteiger partial charge in [-0.25, -0.2) is 4.98 Å². The monoisotopic (exact) mass is 422 g/mol. The third-order valence-corrected chi connectivity index (χ3v) is 4.72. The molecule has 0 radical (unpaired) electrons. The number of benzene rings is 2. The van der Waals surface area contributed by atoms with E-state index in [2.05, 4.69) is 49.9 Å². The molecule has 1 unspecified atom stereocenters. The van der Waals surface area contributed by atoms with Crippen LogP contribution in [0.4, 0.5) is 0 Å². The average Bonchev–Trinajstić information content (AvgIpc) is 3.33. The lowest BCUT2D eigenvalue weighted by Crippen LogP contribution is -2.38. The van der Waals surface area contributed by atoms with Gasteiger partial charge in [0.15, 0.2) is 23.3 Å². The summed E-state index contributed by atoms with van der Waals surface area (Å²) >= 11 is 0. The number of hydrogen-bond donors (Lipinski definition) is 3. The van der Waals surface area contributed by atoms with E-state index >= 15 is 0 Å². The Morgan fingerprint density at radius 2 is 1.90 bits per heavy atom. The number of rotatable bonds is 9. The van der Waals surface area contributed by atoms with Gasteiger partial charge in [0.1, 0.15) is 6.33 Å². The van der Waals surface area contributed by atoms with E-state index in [0.717, 1.165) is 34.0 Å². The lowest BCUT2D eigenvalue weighted by molar-refractivity contribution is 0.287. The summed E-state index contributed by atoms with van der Waals surface area (Å²) in [5.41, 5.74) is 3.19. The van der Waals surface area contributed by atoms with Crippen molar-refractivity contribution >= 4 is 5.96 Å². The predicted molar refractivity (Wildman–Crippen MR) is 122 cm³/mol. The van der Waals surface area contributed by atoms with Crippen molar-refractivity contribution in [3.05, 3.63) is 59.9 Å². The maximum Gasteiger partial charge on any atom is 0.191 e. The summed E-state index contributed by atoms with van der Waals surface area (Å²) in [4.78, 5) is 8.56. The maximum absolute atomic E-state index is 5.75. The highest BCUT2D eigenvalue weighted by Gasteiger charge is 2.12. The molecule has 0 fully saturated rings. The molecule has 31 heavy (non-hydrogen) atoms. The number of nitrogens with one attached hydrogen (secondary N) is 3. The van der Waals surface area contributed by atoms with Crippen molar-refractivity contribution < 1.29 is 9.47 Å². The lowest BCUT2D eigenvalue weighted by atomic mass is 10.1. The summed E-state index contributed by atoms with van der Waals surface area (Å²) in [6.45, 7) is 7.83. The lowest BCUT2D eigenvalue weighted by Gasteiger charge is -2.20. The number of aliphatic imine (C=N–C) groups is 1.